The van der Waals surface area contributed by atoms with Crippen LogP contribution in [0, 0.1) is 0 Å². The number of halogens is 3. The van der Waals surface area contributed by atoms with Gasteiger partial charge in [0.2, 0.25) is 0 Å². The Morgan fingerprint density at radius 1 is 1.36 bits per heavy atom. The summed E-state index contributed by atoms with van der Waals surface area (Å²) in [5, 5.41) is 16.8. The lowest BCUT2D eigenvalue weighted by Gasteiger charge is -2.49. The van der Waals surface area contributed by atoms with E-state index in [1.807, 2.05) is 0 Å². The Balaban J connectivity index is 1.74. The zero-order chi connectivity index (χ0) is 26.8. The lowest BCUT2D eigenvalue weighted by atomic mass is 10.0. The number of fused-ring (bicyclic) bond motifs is 1. The first-order valence-corrected chi connectivity index (χ1v) is 11.4. The molecule has 3 rings (SSSR count). The van der Waals surface area contributed by atoms with Crippen molar-refractivity contribution in [2.45, 2.75) is 17.6 Å². The van der Waals surface area contributed by atoms with E-state index < -0.39 is 70.5 Å². The van der Waals surface area contributed by atoms with Crippen molar-refractivity contribution in [3.63, 3.8) is 0 Å². The van der Waals surface area contributed by atoms with Crippen LogP contribution in [0.2, 0.25) is 0 Å². The molecule has 14 nitrogen and oxygen atoms in total. The van der Waals surface area contributed by atoms with Gasteiger partial charge in [0, 0.05) is 16.7 Å². The van der Waals surface area contributed by atoms with Crippen molar-refractivity contribution < 1.29 is 51.8 Å². The third-order valence-corrected chi connectivity index (χ3v) is 6.64. The number of aliphatic carboxylic acids is 1. The number of nitrogens with one attached hydrogen (secondary N) is 2. The second kappa shape index (κ2) is 10.4. The maximum Gasteiger partial charge on any atom is 0.471 e. The monoisotopic (exact) mass is 552 g/mol. The second-order valence-corrected chi connectivity index (χ2v) is 8.80. The lowest BCUT2D eigenvalue weighted by molar-refractivity contribution is -0.167. The highest BCUT2D eigenvalue weighted by molar-refractivity contribution is 8.00. The number of nitrogens with two attached hydrogens (primary N) is 1. The predicted octanol–water partition coefficient (Wildman–Crippen LogP) is -0.172. The van der Waals surface area contributed by atoms with E-state index in [-0.39, 0.29) is 17.0 Å². The highest BCUT2D eigenvalue weighted by Gasteiger charge is 2.54. The number of oxime groups is 1. The third kappa shape index (κ3) is 5.51. The number of ether oxygens (including phenoxy) is 1. The van der Waals surface area contributed by atoms with Crippen LogP contribution in [-0.4, -0.2) is 87.5 Å². The summed E-state index contributed by atoms with van der Waals surface area (Å²) >= 11 is 1.66. The van der Waals surface area contributed by atoms with Gasteiger partial charge in [0.15, 0.2) is 10.8 Å². The Hall–Kier alpha value is -3.87. The third-order valence-electron chi connectivity index (χ3n) is 4.55. The van der Waals surface area contributed by atoms with Gasteiger partial charge in [-0.05, 0) is 0 Å². The van der Waals surface area contributed by atoms with Gasteiger partial charge in [-0.3, -0.25) is 24.6 Å². The molecule has 1 saturated heterocycles. The number of hydrogen-bond donors (Lipinski definition) is 4. The molecule has 1 fully saturated rings. The van der Waals surface area contributed by atoms with Crippen LogP contribution in [0.5, 0.6) is 0 Å². The number of amides is 4. The van der Waals surface area contributed by atoms with Gasteiger partial charge in [-0.25, -0.2) is 14.6 Å². The first-order valence-electron chi connectivity index (χ1n) is 9.43. The van der Waals surface area contributed by atoms with E-state index >= 15 is 0 Å². The fourth-order valence-electron chi connectivity index (χ4n) is 3.07. The quantitative estimate of drug-likeness (QED) is 0.190. The molecule has 1 aromatic heterocycles. The molecule has 0 aromatic carbocycles. The summed E-state index contributed by atoms with van der Waals surface area (Å²) in [6.45, 7) is -0.445. The van der Waals surface area contributed by atoms with E-state index in [1.54, 1.807) is 0 Å². The van der Waals surface area contributed by atoms with Crippen LogP contribution in [0.4, 0.5) is 23.1 Å². The number of aromatic nitrogens is 1. The number of thioether (sulfide) groups is 1. The molecule has 3 heterocycles. The van der Waals surface area contributed by atoms with Crippen molar-refractivity contribution in [1.82, 2.24) is 15.2 Å². The van der Waals surface area contributed by atoms with E-state index in [1.165, 1.54) is 5.32 Å². The summed E-state index contributed by atoms with van der Waals surface area (Å²) < 4.78 is 41.9. The number of carbonyl (C=O) groups excluding carboxylic acids is 4. The maximum absolute atomic E-state index is 12.8. The number of primary amides is 1. The van der Waals surface area contributed by atoms with Gasteiger partial charge < -0.3 is 25.7 Å². The van der Waals surface area contributed by atoms with Crippen LogP contribution in [0.3, 0.4) is 0 Å². The number of thiazole rings is 1. The first-order chi connectivity index (χ1) is 16.8. The molecular weight excluding hydrogens is 537 g/mol. The van der Waals surface area contributed by atoms with Crippen LogP contribution in [0.1, 0.15) is 5.69 Å². The van der Waals surface area contributed by atoms with Crippen molar-refractivity contribution in [1.29, 1.82) is 0 Å². The second-order valence-electron chi connectivity index (χ2n) is 6.84. The number of hydrogen-bond acceptors (Lipinski definition) is 11. The van der Waals surface area contributed by atoms with Gasteiger partial charge in [0.25, 0.3) is 11.8 Å². The number of β-lactam (4-membered cyclic amide) rings is 1. The molecule has 36 heavy (non-hydrogen) atoms. The molecule has 1 aromatic rings. The minimum atomic E-state index is -5.16. The Bertz CT molecular complexity index is 1180. The standard InChI is InChI=1S/C17H15F3N6O8S2/c1-33-25-7(6-4-36-16(22-6)24-14(31)17(18,19)20)10(27)23-8-11(28)26-9(13(29)30)5(2-34-15(21)32)3-35-12(8)26/h4,8,12H,2-3H2,1H3,(H2,21,32)(H,23,27)(H,29,30)(H,22,24,31)/t8?,12-/m1/s1. The number of anilines is 1. The van der Waals surface area contributed by atoms with E-state index in [0.29, 0.717) is 11.3 Å². The molecule has 4 amide bonds. The number of carboxylic acid groups (broad SMARTS) is 1. The van der Waals surface area contributed by atoms with Crippen LogP contribution in [0.25, 0.3) is 0 Å². The Kier molecular flexibility index (Phi) is 7.72. The minimum absolute atomic E-state index is 0.0447. The molecule has 194 valence electrons. The molecule has 2 atom stereocenters. The zero-order valence-corrected chi connectivity index (χ0v) is 19.5. The lowest BCUT2D eigenvalue weighted by Crippen LogP contribution is -2.71. The van der Waals surface area contributed by atoms with Gasteiger partial charge in [-0.1, -0.05) is 5.16 Å². The van der Waals surface area contributed by atoms with Gasteiger partial charge in [0.1, 0.15) is 36.5 Å². The SMILES string of the molecule is CON=C(C(=O)NC1C(=O)N2C(C(=O)O)=C(COC(N)=O)CS[C@H]12)c1csc(NC(=O)C(F)(F)F)n1. The molecule has 0 radical (unpaired) electrons. The van der Waals surface area contributed by atoms with Crippen molar-refractivity contribution >= 4 is 63.7 Å². The average molecular weight is 552 g/mol. The Labute approximate surface area is 206 Å². The van der Waals surface area contributed by atoms with Crippen LogP contribution >= 0.6 is 23.1 Å². The number of carbonyl (C=O) groups is 5. The molecule has 1 unspecified atom stereocenters. The summed E-state index contributed by atoms with van der Waals surface area (Å²) in [5.41, 5.74) is 3.83. The largest absolute Gasteiger partial charge is 0.477 e. The van der Waals surface area contributed by atoms with Crippen LogP contribution in [0.15, 0.2) is 21.8 Å². The summed E-state index contributed by atoms with van der Waals surface area (Å²) in [6.07, 6.45) is -6.29. The van der Waals surface area contributed by atoms with E-state index in [4.69, 9.17) is 5.73 Å². The Morgan fingerprint density at radius 3 is 2.64 bits per heavy atom. The first kappa shape index (κ1) is 26.7. The van der Waals surface area contributed by atoms with Gasteiger partial charge >= 0.3 is 24.1 Å². The normalized spacial score (nSPS) is 19.7. The van der Waals surface area contributed by atoms with Gasteiger partial charge in [0.05, 0.1) is 0 Å². The number of alkyl halides is 3. The van der Waals surface area contributed by atoms with Crippen molar-refractivity contribution in [3.8, 4) is 0 Å². The van der Waals surface area contributed by atoms with Crippen molar-refractivity contribution in [2.24, 2.45) is 10.9 Å². The molecular formula is C17H15F3N6O8S2. The van der Waals surface area contributed by atoms with Crippen LogP contribution in [-0.2, 0) is 28.8 Å². The molecule has 5 N–H and O–H groups in total. The minimum Gasteiger partial charge on any atom is -0.477 e. The highest BCUT2D eigenvalue weighted by atomic mass is 32.2. The van der Waals surface area contributed by atoms with E-state index in [0.717, 1.165) is 29.2 Å². The molecule has 0 spiro atoms. The number of nitrogens with zero attached hydrogens (tertiary/aromatic N) is 3. The van der Waals surface area contributed by atoms with Crippen LogP contribution < -0.4 is 16.4 Å². The summed E-state index contributed by atoms with van der Waals surface area (Å²) in [7, 11) is 1.08. The molecule has 19 heteroatoms. The Morgan fingerprint density at radius 2 is 2.06 bits per heavy atom. The predicted molar refractivity (Wildman–Crippen MR) is 116 cm³/mol. The van der Waals surface area contributed by atoms with Gasteiger partial charge in [-0.2, -0.15) is 13.2 Å². The summed E-state index contributed by atoms with van der Waals surface area (Å²) in [5.74, 6) is -5.47. The van der Waals surface area contributed by atoms with Gasteiger partial charge in [-0.15, -0.1) is 23.1 Å². The number of rotatable bonds is 8. The molecule has 2 aliphatic rings. The summed E-state index contributed by atoms with van der Waals surface area (Å²) in [6, 6.07) is -1.19. The molecule has 2 aliphatic heterocycles. The molecule has 0 aliphatic carbocycles. The van der Waals surface area contributed by atoms with E-state index in [9.17, 15) is 42.3 Å². The smallest absolute Gasteiger partial charge is 0.471 e. The maximum atomic E-state index is 12.8. The zero-order valence-electron chi connectivity index (χ0n) is 17.8. The highest BCUT2D eigenvalue weighted by Crippen LogP contribution is 2.40. The fraction of sp³-hybridized carbons (Fsp3) is 0.353. The average Bonchev–Trinajstić information content (AvgIpc) is 3.25. The fourth-order valence-corrected chi connectivity index (χ4v) is 5.08. The topological polar surface area (TPSA) is 203 Å². The van der Waals surface area contributed by atoms with E-state index in [2.05, 4.69) is 25.0 Å². The summed E-state index contributed by atoms with van der Waals surface area (Å²) in [4.78, 5) is 68.4. The number of carboxylic acids is 1. The molecule has 0 bridgehead atoms. The molecule has 0 saturated carbocycles. The van der Waals surface area contributed by atoms with Crippen molar-refractivity contribution in [2.75, 3.05) is 24.8 Å². The van der Waals surface area contributed by atoms with Crippen molar-refractivity contribution in [3.05, 3.63) is 22.3 Å².